The lowest BCUT2D eigenvalue weighted by atomic mass is 10.0. The zero-order chi connectivity index (χ0) is 13.2. The summed E-state index contributed by atoms with van der Waals surface area (Å²) in [5.41, 5.74) is 10.8. The number of nitrogens with zero attached hydrogens (tertiary/aromatic N) is 2. The molecule has 3 heteroatoms. The van der Waals surface area contributed by atoms with Crippen LogP contribution < -0.4 is 10.6 Å². The first kappa shape index (κ1) is 12.0. The summed E-state index contributed by atoms with van der Waals surface area (Å²) >= 11 is 0. The quantitative estimate of drug-likeness (QED) is 0.849. The van der Waals surface area contributed by atoms with E-state index < -0.39 is 0 Å². The largest absolute Gasteiger partial charge is 0.396 e. The number of nitrogens with two attached hydrogens (primary N) is 1. The third-order valence-corrected chi connectivity index (χ3v) is 3.76. The number of hydrogen-bond acceptors (Lipinski definition) is 3. The standard InChI is InChI=1S/C16H19N3/c1-12-6-7-15(17)16(18-12)19-10-8-13-4-2-3-5-14(13)9-11-19/h2-7H,8-11,17H2,1H3. The fourth-order valence-electron chi connectivity index (χ4n) is 2.69. The van der Waals surface area contributed by atoms with Crippen LogP contribution in [0.2, 0.25) is 0 Å². The van der Waals surface area contributed by atoms with Crippen LogP contribution in [-0.2, 0) is 12.8 Å². The maximum atomic E-state index is 6.07. The molecule has 98 valence electrons. The van der Waals surface area contributed by atoms with E-state index in [1.807, 2.05) is 19.1 Å². The van der Waals surface area contributed by atoms with Crippen molar-refractivity contribution in [1.82, 2.24) is 4.98 Å². The molecule has 0 aliphatic carbocycles. The average molecular weight is 253 g/mol. The molecule has 19 heavy (non-hydrogen) atoms. The fourth-order valence-corrected chi connectivity index (χ4v) is 2.69. The topological polar surface area (TPSA) is 42.1 Å². The number of aromatic nitrogens is 1. The van der Waals surface area contributed by atoms with Crippen LogP contribution in [0.4, 0.5) is 11.5 Å². The van der Waals surface area contributed by atoms with Gasteiger partial charge in [-0.2, -0.15) is 0 Å². The normalized spacial score (nSPS) is 14.9. The number of nitrogen functional groups attached to an aromatic ring is 1. The predicted molar refractivity (Wildman–Crippen MR) is 79.4 cm³/mol. The number of aryl methyl sites for hydroxylation is 1. The minimum absolute atomic E-state index is 0.775. The SMILES string of the molecule is Cc1ccc(N)c(N2CCc3ccccc3CC2)n1. The van der Waals surface area contributed by atoms with Crippen molar-refractivity contribution in [2.75, 3.05) is 23.7 Å². The summed E-state index contributed by atoms with van der Waals surface area (Å²) in [6.45, 7) is 3.98. The zero-order valence-corrected chi connectivity index (χ0v) is 11.3. The monoisotopic (exact) mass is 253 g/mol. The van der Waals surface area contributed by atoms with Crippen LogP contribution in [0.1, 0.15) is 16.8 Å². The number of anilines is 2. The Balaban J connectivity index is 1.87. The van der Waals surface area contributed by atoms with Crippen molar-refractivity contribution in [2.45, 2.75) is 19.8 Å². The number of fused-ring (bicyclic) bond motifs is 1. The molecule has 3 rings (SSSR count). The van der Waals surface area contributed by atoms with Crippen LogP contribution in [-0.4, -0.2) is 18.1 Å². The van der Waals surface area contributed by atoms with Gasteiger partial charge < -0.3 is 10.6 Å². The maximum absolute atomic E-state index is 6.07. The lowest BCUT2D eigenvalue weighted by molar-refractivity contribution is 0.790. The van der Waals surface area contributed by atoms with Crippen molar-refractivity contribution in [3.63, 3.8) is 0 Å². The third kappa shape index (κ3) is 2.41. The first-order chi connectivity index (χ1) is 9.24. The van der Waals surface area contributed by atoms with Crippen molar-refractivity contribution >= 4 is 11.5 Å². The highest BCUT2D eigenvalue weighted by Crippen LogP contribution is 2.24. The Hall–Kier alpha value is -2.03. The Kier molecular flexibility index (Phi) is 3.11. The maximum Gasteiger partial charge on any atom is 0.152 e. The summed E-state index contributed by atoms with van der Waals surface area (Å²) in [5, 5.41) is 0. The lowest BCUT2D eigenvalue weighted by Gasteiger charge is -2.23. The van der Waals surface area contributed by atoms with Gasteiger partial charge in [0.25, 0.3) is 0 Å². The van der Waals surface area contributed by atoms with E-state index >= 15 is 0 Å². The van der Waals surface area contributed by atoms with Gasteiger partial charge >= 0.3 is 0 Å². The smallest absolute Gasteiger partial charge is 0.152 e. The predicted octanol–water partition coefficient (Wildman–Crippen LogP) is 2.58. The van der Waals surface area contributed by atoms with E-state index in [1.54, 1.807) is 0 Å². The Morgan fingerprint density at radius 3 is 2.26 bits per heavy atom. The van der Waals surface area contributed by atoms with Gasteiger partial charge in [-0.3, -0.25) is 0 Å². The second-order valence-corrected chi connectivity index (χ2v) is 5.12. The molecule has 0 saturated heterocycles. The molecular weight excluding hydrogens is 234 g/mol. The molecule has 0 fully saturated rings. The molecule has 0 amide bonds. The van der Waals surface area contributed by atoms with Crippen molar-refractivity contribution < 1.29 is 0 Å². The second-order valence-electron chi connectivity index (χ2n) is 5.12. The molecular formula is C16H19N3. The molecule has 1 aliphatic heterocycles. The van der Waals surface area contributed by atoms with Crippen LogP contribution in [0.15, 0.2) is 36.4 Å². The highest BCUT2D eigenvalue weighted by molar-refractivity contribution is 5.63. The highest BCUT2D eigenvalue weighted by atomic mass is 15.2. The van der Waals surface area contributed by atoms with Crippen LogP contribution in [0.25, 0.3) is 0 Å². The Labute approximate surface area is 114 Å². The minimum Gasteiger partial charge on any atom is -0.396 e. The van der Waals surface area contributed by atoms with Crippen molar-refractivity contribution in [2.24, 2.45) is 0 Å². The molecule has 1 aliphatic rings. The van der Waals surface area contributed by atoms with Gasteiger partial charge in [0.15, 0.2) is 5.82 Å². The van der Waals surface area contributed by atoms with Gasteiger partial charge in [0, 0.05) is 18.8 Å². The molecule has 0 radical (unpaired) electrons. The Bertz CT molecular complexity index is 565. The van der Waals surface area contributed by atoms with Gasteiger partial charge in [0.05, 0.1) is 5.69 Å². The van der Waals surface area contributed by atoms with Crippen molar-refractivity contribution in [3.8, 4) is 0 Å². The summed E-state index contributed by atoms with van der Waals surface area (Å²) in [7, 11) is 0. The van der Waals surface area contributed by atoms with Gasteiger partial charge in [0.2, 0.25) is 0 Å². The summed E-state index contributed by atoms with van der Waals surface area (Å²) in [4.78, 5) is 6.91. The molecule has 0 saturated carbocycles. The average Bonchev–Trinajstić information content (AvgIpc) is 2.64. The van der Waals surface area contributed by atoms with Gasteiger partial charge in [0.1, 0.15) is 0 Å². The molecule has 3 nitrogen and oxygen atoms in total. The van der Waals surface area contributed by atoms with Crippen LogP contribution in [0.3, 0.4) is 0 Å². The zero-order valence-electron chi connectivity index (χ0n) is 11.3. The fraction of sp³-hybridized carbons (Fsp3) is 0.312. The molecule has 2 heterocycles. The van der Waals surface area contributed by atoms with Gasteiger partial charge in [-0.25, -0.2) is 4.98 Å². The second kappa shape index (κ2) is 4.92. The summed E-state index contributed by atoms with van der Waals surface area (Å²) in [6.07, 6.45) is 2.12. The summed E-state index contributed by atoms with van der Waals surface area (Å²) < 4.78 is 0. The highest BCUT2D eigenvalue weighted by Gasteiger charge is 2.16. The van der Waals surface area contributed by atoms with E-state index in [-0.39, 0.29) is 0 Å². The third-order valence-electron chi connectivity index (χ3n) is 3.76. The first-order valence-corrected chi connectivity index (χ1v) is 6.79. The van der Waals surface area contributed by atoms with Crippen LogP contribution >= 0.6 is 0 Å². The molecule has 1 aromatic heterocycles. The summed E-state index contributed by atoms with van der Waals surface area (Å²) in [6, 6.07) is 12.6. The number of hydrogen-bond donors (Lipinski definition) is 1. The van der Waals surface area contributed by atoms with Crippen LogP contribution in [0.5, 0.6) is 0 Å². The Morgan fingerprint density at radius 1 is 1.00 bits per heavy atom. The van der Waals surface area contributed by atoms with Gasteiger partial charge in [-0.15, -0.1) is 0 Å². The van der Waals surface area contributed by atoms with E-state index in [1.165, 1.54) is 11.1 Å². The van der Waals surface area contributed by atoms with Crippen molar-refractivity contribution in [1.29, 1.82) is 0 Å². The van der Waals surface area contributed by atoms with Crippen molar-refractivity contribution in [3.05, 3.63) is 53.2 Å². The first-order valence-electron chi connectivity index (χ1n) is 6.79. The molecule has 0 bridgehead atoms. The van der Waals surface area contributed by atoms with E-state index in [0.29, 0.717) is 0 Å². The molecule has 0 unspecified atom stereocenters. The number of pyridine rings is 1. The summed E-state index contributed by atoms with van der Waals surface area (Å²) in [5.74, 6) is 0.938. The van der Waals surface area contributed by atoms with E-state index in [2.05, 4.69) is 34.1 Å². The Morgan fingerprint density at radius 2 is 1.63 bits per heavy atom. The molecule has 2 N–H and O–H groups in total. The lowest BCUT2D eigenvalue weighted by Crippen LogP contribution is -2.28. The van der Waals surface area contributed by atoms with Gasteiger partial charge in [-0.1, -0.05) is 24.3 Å². The van der Waals surface area contributed by atoms with Gasteiger partial charge in [-0.05, 0) is 43.0 Å². The molecule has 1 aromatic carbocycles. The number of benzene rings is 1. The van der Waals surface area contributed by atoms with E-state index in [0.717, 1.165) is 43.1 Å². The number of rotatable bonds is 1. The molecule has 0 atom stereocenters. The van der Waals surface area contributed by atoms with E-state index in [4.69, 9.17) is 5.73 Å². The van der Waals surface area contributed by atoms with E-state index in [9.17, 15) is 0 Å². The van der Waals surface area contributed by atoms with Crippen LogP contribution in [0, 0.1) is 6.92 Å². The molecule has 0 spiro atoms. The molecule has 2 aromatic rings. The minimum atomic E-state index is 0.775.